The molecule has 0 aliphatic carbocycles. The minimum atomic E-state index is -0.308. The molecule has 5 nitrogen and oxygen atoms in total. The fourth-order valence-electron chi connectivity index (χ4n) is 3.29. The fraction of sp³-hybridized carbons (Fsp3) is 0.391. The molecule has 1 atom stereocenters. The van der Waals surface area contributed by atoms with Crippen molar-refractivity contribution in [2.45, 2.75) is 39.3 Å². The summed E-state index contributed by atoms with van der Waals surface area (Å²) >= 11 is 0. The summed E-state index contributed by atoms with van der Waals surface area (Å²) in [5, 5.41) is 4.20. The van der Waals surface area contributed by atoms with E-state index in [4.69, 9.17) is 9.57 Å². The van der Waals surface area contributed by atoms with E-state index in [1.54, 1.807) is 30.2 Å². The van der Waals surface area contributed by atoms with Crippen molar-refractivity contribution < 1.29 is 18.8 Å². The Morgan fingerprint density at radius 2 is 1.97 bits per heavy atom. The van der Waals surface area contributed by atoms with E-state index in [0.29, 0.717) is 24.9 Å². The highest BCUT2D eigenvalue weighted by atomic mass is 19.1. The predicted octanol–water partition coefficient (Wildman–Crippen LogP) is 4.40. The summed E-state index contributed by atoms with van der Waals surface area (Å²) in [6.07, 6.45) is 0.748. The van der Waals surface area contributed by atoms with Crippen molar-refractivity contribution in [3.63, 3.8) is 0 Å². The van der Waals surface area contributed by atoms with E-state index in [9.17, 15) is 9.18 Å². The number of halogens is 1. The van der Waals surface area contributed by atoms with Gasteiger partial charge in [-0.05, 0) is 41.8 Å². The zero-order valence-electron chi connectivity index (χ0n) is 17.1. The largest absolute Gasteiger partial charge is 0.497 e. The van der Waals surface area contributed by atoms with Crippen molar-refractivity contribution in [3.8, 4) is 5.75 Å². The van der Waals surface area contributed by atoms with Crippen LogP contribution in [-0.4, -0.2) is 36.3 Å². The van der Waals surface area contributed by atoms with Crippen molar-refractivity contribution in [1.29, 1.82) is 0 Å². The topological polar surface area (TPSA) is 51.1 Å². The Morgan fingerprint density at radius 3 is 2.62 bits per heavy atom. The molecule has 0 bridgehead atoms. The van der Waals surface area contributed by atoms with E-state index in [0.717, 1.165) is 17.0 Å². The predicted molar refractivity (Wildman–Crippen MR) is 110 cm³/mol. The third-order valence-electron chi connectivity index (χ3n) is 4.83. The Labute approximate surface area is 171 Å². The summed E-state index contributed by atoms with van der Waals surface area (Å²) in [7, 11) is 1.62. The SMILES string of the molecule is COc1ccc(C2=NOC(CN(Cc3ccccc3F)C(=O)CC(C)C)C2)cc1. The van der Waals surface area contributed by atoms with Crippen LogP contribution in [0.3, 0.4) is 0 Å². The highest BCUT2D eigenvalue weighted by Gasteiger charge is 2.27. The van der Waals surface area contributed by atoms with E-state index >= 15 is 0 Å². The van der Waals surface area contributed by atoms with Crippen LogP contribution in [0.5, 0.6) is 5.75 Å². The molecule has 6 heteroatoms. The van der Waals surface area contributed by atoms with Gasteiger partial charge in [-0.2, -0.15) is 0 Å². The molecule has 1 amide bonds. The maximum atomic E-state index is 14.1. The molecule has 29 heavy (non-hydrogen) atoms. The minimum Gasteiger partial charge on any atom is -0.497 e. The summed E-state index contributed by atoms with van der Waals surface area (Å²) in [4.78, 5) is 20.1. The number of ether oxygens (including phenoxy) is 1. The third kappa shape index (κ3) is 5.56. The number of methoxy groups -OCH3 is 1. The molecule has 0 radical (unpaired) electrons. The molecule has 1 unspecified atom stereocenters. The third-order valence-corrected chi connectivity index (χ3v) is 4.83. The Hall–Kier alpha value is -2.89. The number of amides is 1. The molecule has 0 spiro atoms. The van der Waals surface area contributed by atoms with Crippen LogP contribution in [0.4, 0.5) is 4.39 Å². The maximum absolute atomic E-state index is 14.1. The van der Waals surface area contributed by atoms with Crippen molar-refractivity contribution in [3.05, 3.63) is 65.5 Å². The molecule has 1 aliphatic heterocycles. The van der Waals surface area contributed by atoms with Crippen LogP contribution in [0, 0.1) is 11.7 Å². The first-order chi connectivity index (χ1) is 14.0. The second kappa shape index (κ2) is 9.54. The lowest BCUT2D eigenvalue weighted by Crippen LogP contribution is -2.38. The number of rotatable bonds is 8. The molecule has 1 heterocycles. The van der Waals surface area contributed by atoms with Gasteiger partial charge in [0.2, 0.25) is 5.91 Å². The number of nitrogens with zero attached hydrogens (tertiary/aromatic N) is 2. The van der Waals surface area contributed by atoms with Crippen LogP contribution in [0.2, 0.25) is 0 Å². The summed E-state index contributed by atoms with van der Waals surface area (Å²) in [5.74, 6) is 0.684. The first kappa shape index (κ1) is 20.8. The molecule has 3 rings (SSSR count). The van der Waals surface area contributed by atoms with Gasteiger partial charge < -0.3 is 14.5 Å². The van der Waals surface area contributed by atoms with Crippen LogP contribution < -0.4 is 4.74 Å². The lowest BCUT2D eigenvalue weighted by Gasteiger charge is -2.26. The van der Waals surface area contributed by atoms with E-state index in [1.807, 2.05) is 38.1 Å². The van der Waals surface area contributed by atoms with Crippen LogP contribution in [0.15, 0.2) is 53.7 Å². The normalized spacial score (nSPS) is 15.8. The zero-order chi connectivity index (χ0) is 20.8. The zero-order valence-corrected chi connectivity index (χ0v) is 17.1. The molecule has 0 aromatic heterocycles. The van der Waals surface area contributed by atoms with E-state index in [2.05, 4.69) is 5.16 Å². The number of oxime groups is 1. The molecular weight excluding hydrogens is 371 g/mol. The van der Waals surface area contributed by atoms with Gasteiger partial charge in [-0.1, -0.05) is 37.2 Å². The molecule has 0 N–H and O–H groups in total. The molecule has 2 aromatic carbocycles. The maximum Gasteiger partial charge on any atom is 0.223 e. The van der Waals surface area contributed by atoms with Gasteiger partial charge in [0.1, 0.15) is 11.6 Å². The number of benzene rings is 2. The Balaban J connectivity index is 1.67. The second-order valence-electron chi connectivity index (χ2n) is 7.66. The van der Waals surface area contributed by atoms with Crippen LogP contribution in [0.25, 0.3) is 0 Å². The molecule has 0 saturated carbocycles. The Kier molecular flexibility index (Phi) is 6.86. The minimum absolute atomic E-state index is 0.00949. The van der Waals surface area contributed by atoms with Crippen LogP contribution in [0.1, 0.15) is 37.8 Å². The standard InChI is InChI=1S/C23H27FN2O3/c1-16(2)12-23(27)26(14-18-6-4-5-7-21(18)24)15-20-13-22(25-29-20)17-8-10-19(28-3)11-9-17/h4-11,16,20H,12-15H2,1-3H3. The van der Waals surface area contributed by atoms with Crippen molar-refractivity contribution >= 4 is 11.6 Å². The fourth-order valence-corrected chi connectivity index (χ4v) is 3.29. The summed E-state index contributed by atoms with van der Waals surface area (Å²) in [5.41, 5.74) is 2.29. The van der Waals surface area contributed by atoms with E-state index in [1.165, 1.54) is 6.07 Å². The highest BCUT2D eigenvalue weighted by molar-refractivity contribution is 6.01. The van der Waals surface area contributed by atoms with Crippen LogP contribution >= 0.6 is 0 Å². The number of hydrogen-bond acceptors (Lipinski definition) is 4. The smallest absolute Gasteiger partial charge is 0.223 e. The molecule has 154 valence electrons. The van der Waals surface area contributed by atoms with Gasteiger partial charge in [0.05, 0.1) is 19.4 Å². The molecule has 1 aliphatic rings. The van der Waals surface area contributed by atoms with Crippen molar-refractivity contribution in [1.82, 2.24) is 4.90 Å². The second-order valence-corrected chi connectivity index (χ2v) is 7.66. The summed E-state index contributed by atoms with van der Waals surface area (Å²) < 4.78 is 19.3. The van der Waals surface area contributed by atoms with Crippen molar-refractivity contribution in [2.24, 2.45) is 11.1 Å². The van der Waals surface area contributed by atoms with Gasteiger partial charge in [-0.25, -0.2) is 4.39 Å². The molecular formula is C23H27FN2O3. The van der Waals surface area contributed by atoms with Gasteiger partial charge in [0.25, 0.3) is 0 Å². The average molecular weight is 398 g/mol. The quantitative estimate of drug-likeness (QED) is 0.662. The molecule has 0 fully saturated rings. The molecule has 0 saturated heterocycles. The van der Waals surface area contributed by atoms with Gasteiger partial charge in [0.15, 0.2) is 6.10 Å². The Morgan fingerprint density at radius 1 is 1.24 bits per heavy atom. The van der Waals surface area contributed by atoms with Gasteiger partial charge >= 0.3 is 0 Å². The average Bonchev–Trinajstić information content (AvgIpc) is 3.17. The highest BCUT2D eigenvalue weighted by Crippen LogP contribution is 2.21. The number of carbonyl (C=O) groups excluding carboxylic acids is 1. The van der Waals surface area contributed by atoms with E-state index in [-0.39, 0.29) is 30.3 Å². The lowest BCUT2D eigenvalue weighted by atomic mass is 10.0. The number of carbonyl (C=O) groups is 1. The van der Waals surface area contributed by atoms with Gasteiger partial charge in [0, 0.05) is 24.9 Å². The first-order valence-corrected chi connectivity index (χ1v) is 9.84. The first-order valence-electron chi connectivity index (χ1n) is 9.84. The van der Waals surface area contributed by atoms with Gasteiger partial charge in [-0.3, -0.25) is 4.79 Å². The summed E-state index contributed by atoms with van der Waals surface area (Å²) in [6, 6.07) is 14.2. The Bertz CT molecular complexity index is 865. The van der Waals surface area contributed by atoms with Crippen LogP contribution in [-0.2, 0) is 16.2 Å². The summed E-state index contributed by atoms with van der Waals surface area (Å²) in [6.45, 7) is 4.57. The molecule has 2 aromatic rings. The van der Waals surface area contributed by atoms with Crippen molar-refractivity contribution in [2.75, 3.05) is 13.7 Å². The van der Waals surface area contributed by atoms with E-state index < -0.39 is 0 Å². The number of hydrogen-bond donors (Lipinski definition) is 0. The lowest BCUT2D eigenvalue weighted by molar-refractivity contribution is -0.134. The van der Waals surface area contributed by atoms with Gasteiger partial charge in [-0.15, -0.1) is 0 Å². The monoisotopic (exact) mass is 398 g/mol.